The summed E-state index contributed by atoms with van der Waals surface area (Å²) in [5.74, 6) is 0.218. The van der Waals surface area contributed by atoms with Crippen LogP contribution in [0.15, 0.2) is 12.7 Å². The van der Waals surface area contributed by atoms with E-state index in [2.05, 4.69) is 6.58 Å². The van der Waals surface area contributed by atoms with Crippen molar-refractivity contribution in [2.24, 2.45) is 5.73 Å². The second-order valence-corrected chi connectivity index (χ2v) is 5.05. The van der Waals surface area contributed by atoms with Crippen LogP contribution in [0, 0.1) is 0 Å². The first kappa shape index (κ1) is 12.2. The number of hydrogen-bond acceptors (Lipinski definition) is 2. The second-order valence-electron chi connectivity index (χ2n) is 5.05. The topological polar surface area (TPSA) is 46.3 Å². The van der Waals surface area contributed by atoms with E-state index in [1.807, 2.05) is 18.7 Å². The van der Waals surface area contributed by atoms with Crippen molar-refractivity contribution in [3.63, 3.8) is 0 Å². The minimum absolute atomic E-state index is 0.218. The Morgan fingerprint density at radius 1 is 1.60 bits per heavy atom. The van der Waals surface area contributed by atoms with Crippen LogP contribution in [-0.2, 0) is 4.79 Å². The summed E-state index contributed by atoms with van der Waals surface area (Å²) in [7, 11) is 0. The zero-order valence-corrected chi connectivity index (χ0v) is 9.83. The molecule has 2 N–H and O–H groups in total. The maximum Gasteiger partial charge on any atom is 0.223 e. The average Bonchev–Trinajstić information content (AvgIpc) is 2.92. The molecule has 1 fully saturated rings. The van der Waals surface area contributed by atoms with Gasteiger partial charge < -0.3 is 10.6 Å². The lowest BCUT2D eigenvalue weighted by atomic mass is 10.00. The fourth-order valence-corrected chi connectivity index (χ4v) is 1.55. The van der Waals surface area contributed by atoms with E-state index >= 15 is 0 Å². The lowest BCUT2D eigenvalue weighted by molar-refractivity contribution is -0.131. The molecule has 1 amide bonds. The van der Waals surface area contributed by atoms with E-state index < -0.39 is 0 Å². The molecule has 0 radical (unpaired) electrons. The summed E-state index contributed by atoms with van der Waals surface area (Å²) < 4.78 is 0. The SMILES string of the molecule is C=CCN(C(=O)CCC(C)(C)N)C1CC1. The van der Waals surface area contributed by atoms with Crippen molar-refractivity contribution in [1.82, 2.24) is 4.90 Å². The van der Waals surface area contributed by atoms with E-state index in [0.29, 0.717) is 19.0 Å². The molecule has 0 atom stereocenters. The van der Waals surface area contributed by atoms with Crippen LogP contribution in [0.2, 0.25) is 0 Å². The van der Waals surface area contributed by atoms with E-state index in [4.69, 9.17) is 5.73 Å². The fraction of sp³-hybridized carbons (Fsp3) is 0.750. The Labute approximate surface area is 92.3 Å². The lowest BCUT2D eigenvalue weighted by Crippen LogP contribution is -2.37. The van der Waals surface area contributed by atoms with Crippen LogP contribution in [0.25, 0.3) is 0 Å². The third-order valence-electron chi connectivity index (χ3n) is 2.62. The first-order chi connectivity index (χ1) is 6.94. The molecule has 0 aromatic rings. The van der Waals surface area contributed by atoms with Crippen molar-refractivity contribution in [3.05, 3.63) is 12.7 Å². The molecule has 0 spiro atoms. The molecular formula is C12H22N2O. The minimum Gasteiger partial charge on any atom is -0.336 e. The number of nitrogens with two attached hydrogens (primary N) is 1. The Morgan fingerprint density at radius 3 is 2.60 bits per heavy atom. The van der Waals surface area contributed by atoms with Crippen LogP contribution in [0.5, 0.6) is 0 Å². The largest absolute Gasteiger partial charge is 0.336 e. The van der Waals surface area contributed by atoms with Crippen molar-refractivity contribution in [2.45, 2.75) is 51.1 Å². The summed E-state index contributed by atoms with van der Waals surface area (Å²) in [6, 6.07) is 0.469. The molecule has 1 aliphatic carbocycles. The predicted molar refractivity (Wildman–Crippen MR) is 62.4 cm³/mol. The monoisotopic (exact) mass is 210 g/mol. The molecule has 0 aromatic carbocycles. The molecule has 1 rings (SSSR count). The van der Waals surface area contributed by atoms with E-state index in [0.717, 1.165) is 19.3 Å². The molecule has 3 heteroatoms. The molecule has 1 saturated carbocycles. The van der Waals surface area contributed by atoms with Crippen molar-refractivity contribution < 1.29 is 4.79 Å². The van der Waals surface area contributed by atoms with Gasteiger partial charge in [-0.25, -0.2) is 0 Å². The van der Waals surface area contributed by atoms with Crippen molar-refractivity contribution >= 4 is 5.91 Å². The maximum absolute atomic E-state index is 11.9. The van der Waals surface area contributed by atoms with Gasteiger partial charge in [0.25, 0.3) is 0 Å². The number of nitrogens with zero attached hydrogens (tertiary/aromatic N) is 1. The van der Waals surface area contributed by atoms with Gasteiger partial charge in [-0.3, -0.25) is 4.79 Å². The number of amides is 1. The highest BCUT2D eigenvalue weighted by molar-refractivity contribution is 5.77. The van der Waals surface area contributed by atoms with Gasteiger partial charge in [-0.1, -0.05) is 6.08 Å². The molecule has 0 aliphatic heterocycles. The Morgan fingerprint density at radius 2 is 2.20 bits per heavy atom. The Kier molecular flexibility index (Phi) is 3.91. The highest BCUT2D eigenvalue weighted by Crippen LogP contribution is 2.27. The molecule has 0 aromatic heterocycles. The van der Waals surface area contributed by atoms with Crippen LogP contribution >= 0.6 is 0 Å². The Bertz CT molecular complexity index is 238. The van der Waals surface area contributed by atoms with Crippen LogP contribution in [0.4, 0.5) is 0 Å². The molecule has 0 heterocycles. The quantitative estimate of drug-likeness (QED) is 0.678. The van der Waals surface area contributed by atoms with Crippen LogP contribution in [0.1, 0.15) is 39.5 Å². The summed E-state index contributed by atoms with van der Waals surface area (Å²) in [6.45, 7) is 8.27. The molecule has 1 aliphatic rings. The van der Waals surface area contributed by atoms with Gasteiger partial charge in [0.2, 0.25) is 5.91 Å². The zero-order valence-electron chi connectivity index (χ0n) is 9.83. The molecule has 15 heavy (non-hydrogen) atoms. The van der Waals surface area contributed by atoms with Crippen LogP contribution in [0.3, 0.4) is 0 Å². The van der Waals surface area contributed by atoms with Gasteiger partial charge in [0, 0.05) is 24.5 Å². The molecular weight excluding hydrogens is 188 g/mol. The molecule has 0 unspecified atom stereocenters. The van der Waals surface area contributed by atoms with Gasteiger partial charge in [-0.2, -0.15) is 0 Å². The van der Waals surface area contributed by atoms with Crippen molar-refractivity contribution in [1.29, 1.82) is 0 Å². The first-order valence-corrected chi connectivity index (χ1v) is 5.63. The van der Waals surface area contributed by atoms with E-state index in [1.54, 1.807) is 6.08 Å². The third-order valence-corrected chi connectivity index (χ3v) is 2.62. The normalized spacial score (nSPS) is 16.2. The zero-order chi connectivity index (χ0) is 11.5. The van der Waals surface area contributed by atoms with E-state index in [-0.39, 0.29) is 11.4 Å². The maximum atomic E-state index is 11.9. The molecule has 0 saturated heterocycles. The Hall–Kier alpha value is -0.830. The highest BCUT2D eigenvalue weighted by atomic mass is 16.2. The van der Waals surface area contributed by atoms with Crippen molar-refractivity contribution in [3.8, 4) is 0 Å². The highest BCUT2D eigenvalue weighted by Gasteiger charge is 2.31. The smallest absolute Gasteiger partial charge is 0.223 e. The summed E-state index contributed by atoms with van der Waals surface area (Å²) in [5.41, 5.74) is 5.61. The van der Waals surface area contributed by atoms with Gasteiger partial charge in [0.1, 0.15) is 0 Å². The molecule has 3 nitrogen and oxygen atoms in total. The lowest BCUT2D eigenvalue weighted by Gasteiger charge is -2.23. The number of carbonyl (C=O) groups excluding carboxylic acids is 1. The van der Waals surface area contributed by atoms with Gasteiger partial charge in [0.15, 0.2) is 0 Å². The summed E-state index contributed by atoms with van der Waals surface area (Å²) in [6.07, 6.45) is 5.38. The summed E-state index contributed by atoms with van der Waals surface area (Å²) in [4.78, 5) is 13.8. The number of hydrogen-bond donors (Lipinski definition) is 1. The predicted octanol–water partition coefficient (Wildman–Crippen LogP) is 1.68. The number of carbonyl (C=O) groups is 1. The molecule has 86 valence electrons. The summed E-state index contributed by atoms with van der Waals surface area (Å²) in [5, 5.41) is 0. The van der Waals surface area contributed by atoms with E-state index in [1.165, 1.54) is 0 Å². The Balaban J connectivity index is 2.39. The minimum atomic E-state index is -0.251. The third kappa shape index (κ3) is 4.47. The van der Waals surface area contributed by atoms with E-state index in [9.17, 15) is 4.79 Å². The van der Waals surface area contributed by atoms with Gasteiger partial charge in [-0.15, -0.1) is 6.58 Å². The van der Waals surface area contributed by atoms with Gasteiger partial charge in [0.05, 0.1) is 0 Å². The fourth-order valence-electron chi connectivity index (χ4n) is 1.55. The van der Waals surface area contributed by atoms with Crippen LogP contribution in [-0.4, -0.2) is 28.9 Å². The average molecular weight is 210 g/mol. The standard InChI is InChI=1S/C12H22N2O/c1-4-9-14(10-5-6-10)11(15)7-8-12(2,3)13/h4,10H,1,5-9,13H2,2-3H3. The molecule has 0 bridgehead atoms. The van der Waals surface area contributed by atoms with Gasteiger partial charge in [-0.05, 0) is 33.1 Å². The first-order valence-electron chi connectivity index (χ1n) is 5.63. The van der Waals surface area contributed by atoms with Crippen molar-refractivity contribution in [2.75, 3.05) is 6.54 Å². The van der Waals surface area contributed by atoms with Gasteiger partial charge >= 0.3 is 0 Å². The second kappa shape index (κ2) is 4.79. The number of rotatable bonds is 6. The van der Waals surface area contributed by atoms with Crippen LogP contribution < -0.4 is 5.73 Å². The summed E-state index contributed by atoms with van der Waals surface area (Å²) >= 11 is 0.